The average molecular weight is 418 g/mol. The molecule has 0 radical (unpaired) electrons. The number of hydrogen-bond donors (Lipinski definition) is 3. The van der Waals surface area contributed by atoms with Crippen LogP contribution in [-0.2, 0) is 0 Å². The molecule has 3 N–H and O–H groups in total. The Bertz CT molecular complexity index is 566. The van der Waals surface area contributed by atoms with Crippen molar-refractivity contribution in [2.45, 2.75) is 46.0 Å². The third-order valence-electron chi connectivity index (χ3n) is 5.77. The zero-order chi connectivity index (χ0) is 21.4. The number of rotatable bonds is 13. The van der Waals surface area contributed by atoms with Gasteiger partial charge in [0.25, 0.3) is 0 Å². The van der Waals surface area contributed by atoms with Crippen LogP contribution in [0.1, 0.15) is 46.0 Å². The number of anilines is 1. The van der Waals surface area contributed by atoms with E-state index in [1.807, 2.05) is 0 Å². The Balaban J connectivity index is 1.61. The first kappa shape index (κ1) is 24.5. The summed E-state index contributed by atoms with van der Waals surface area (Å²) < 4.78 is 0. The number of aliphatic hydroxyl groups is 1. The predicted octanol–water partition coefficient (Wildman–Crippen LogP) is 2.94. The molecule has 1 fully saturated rings. The Morgan fingerprint density at radius 2 is 1.80 bits per heavy atom. The average Bonchev–Trinajstić information content (AvgIpc) is 2.78. The van der Waals surface area contributed by atoms with Crippen LogP contribution in [0.15, 0.2) is 35.3 Å². The van der Waals surface area contributed by atoms with Gasteiger partial charge in [0.05, 0.1) is 0 Å². The Morgan fingerprint density at radius 1 is 1.03 bits per heavy atom. The lowest BCUT2D eigenvalue weighted by Crippen LogP contribution is -2.46. The standard InChI is InChI=1S/C24H43N5O/c1-3-10-22(13-20-30)21-27-24(25-4-2)26-14-8-9-15-28-16-18-29(19-17-28)23-11-6-5-7-12-23/h5-7,11-12,22,30H,3-4,8-10,13-21H2,1-2H3,(H2,25,26,27). The summed E-state index contributed by atoms with van der Waals surface area (Å²) in [6.07, 6.45) is 5.47. The fourth-order valence-electron chi connectivity index (χ4n) is 4.02. The van der Waals surface area contributed by atoms with Crippen molar-refractivity contribution >= 4 is 11.6 Å². The van der Waals surface area contributed by atoms with Gasteiger partial charge in [0, 0.05) is 58.1 Å². The van der Waals surface area contributed by atoms with Crippen LogP contribution >= 0.6 is 0 Å². The van der Waals surface area contributed by atoms with Crippen LogP contribution < -0.4 is 15.5 Å². The highest BCUT2D eigenvalue weighted by Crippen LogP contribution is 2.15. The van der Waals surface area contributed by atoms with Crippen molar-refractivity contribution in [1.82, 2.24) is 15.5 Å². The maximum atomic E-state index is 9.23. The molecular formula is C24H43N5O. The van der Waals surface area contributed by atoms with E-state index in [4.69, 9.17) is 4.99 Å². The monoisotopic (exact) mass is 417 g/mol. The summed E-state index contributed by atoms with van der Waals surface area (Å²) in [7, 11) is 0. The molecule has 0 aromatic heterocycles. The summed E-state index contributed by atoms with van der Waals surface area (Å²) in [4.78, 5) is 9.82. The summed E-state index contributed by atoms with van der Waals surface area (Å²) in [5.74, 6) is 1.39. The smallest absolute Gasteiger partial charge is 0.191 e. The van der Waals surface area contributed by atoms with Crippen molar-refractivity contribution in [2.75, 3.05) is 63.9 Å². The number of unbranched alkanes of at least 4 members (excludes halogenated alkanes) is 1. The van der Waals surface area contributed by atoms with Crippen molar-refractivity contribution in [2.24, 2.45) is 10.9 Å². The van der Waals surface area contributed by atoms with E-state index < -0.39 is 0 Å². The van der Waals surface area contributed by atoms with E-state index >= 15 is 0 Å². The molecule has 1 saturated heterocycles. The molecule has 0 amide bonds. The van der Waals surface area contributed by atoms with Gasteiger partial charge in [0.15, 0.2) is 5.96 Å². The van der Waals surface area contributed by atoms with Crippen LogP contribution in [0.2, 0.25) is 0 Å². The molecular weight excluding hydrogens is 374 g/mol. The van der Waals surface area contributed by atoms with Gasteiger partial charge >= 0.3 is 0 Å². The molecule has 30 heavy (non-hydrogen) atoms. The zero-order valence-electron chi connectivity index (χ0n) is 19.2. The first-order valence-corrected chi connectivity index (χ1v) is 11.9. The summed E-state index contributed by atoms with van der Waals surface area (Å²) in [6.45, 7) is 12.9. The van der Waals surface area contributed by atoms with Gasteiger partial charge in [-0.1, -0.05) is 31.5 Å². The minimum Gasteiger partial charge on any atom is -0.396 e. The second-order valence-corrected chi connectivity index (χ2v) is 8.18. The molecule has 1 unspecified atom stereocenters. The van der Waals surface area contributed by atoms with E-state index in [0.29, 0.717) is 5.92 Å². The van der Waals surface area contributed by atoms with Crippen molar-refractivity contribution in [3.63, 3.8) is 0 Å². The molecule has 6 heteroatoms. The van der Waals surface area contributed by atoms with Crippen LogP contribution in [0.3, 0.4) is 0 Å². The number of guanidine groups is 1. The first-order chi connectivity index (χ1) is 14.8. The quantitative estimate of drug-likeness (QED) is 0.262. The topological polar surface area (TPSA) is 63.1 Å². The zero-order valence-corrected chi connectivity index (χ0v) is 19.2. The maximum absolute atomic E-state index is 9.23. The van der Waals surface area contributed by atoms with Crippen molar-refractivity contribution in [3.8, 4) is 0 Å². The van der Waals surface area contributed by atoms with Crippen LogP contribution in [0, 0.1) is 5.92 Å². The lowest BCUT2D eigenvalue weighted by atomic mass is 10.0. The van der Waals surface area contributed by atoms with E-state index in [1.54, 1.807) is 0 Å². The van der Waals surface area contributed by atoms with Crippen LogP contribution in [0.5, 0.6) is 0 Å². The second kappa shape index (κ2) is 15.1. The van der Waals surface area contributed by atoms with Gasteiger partial charge in [0.1, 0.15) is 0 Å². The Kier molecular flexibility index (Phi) is 12.3. The van der Waals surface area contributed by atoms with Crippen molar-refractivity contribution in [1.29, 1.82) is 0 Å². The largest absolute Gasteiger partial charge is 0.396 e. The molecule has 1 aliphatic heterocycles. The Morgan fingerprint density at radius 3 is 2.47 bits per heavy atom. The molecule has 2 rings (SSSR count). The van der Waals surface area contributed by atoms with E-state index in [9.17, 15) is 5.11 Å². The van der Waals surface area contributed by atoms with Gasteiger partial charge in [-0.25, -0.2) is 0 Å². The third kappa shape index (κ3) is 9.35. The number of nitrogens with one attached hydrogen (secondary N) is 2. The number of piperazine rings is 1. The van der Waals surface area contributed by atoms with Crippen molar-refractivity contribution in [3.05, 3.63) is 30.3 Å². The van der Waals surface area contributed by atoms with E-state index in [2.05, 4.69) is 64.6 Å². The lowest BCUT2D eigenvalue weighted by Gasteiger charge is -2.36. The fourth-order valence-corrected chi connectivity index (χ4v) is 4.02. The Hall–Kier alpha value is -1.79. The molecule has 170 valence electrons. The summed E-state index contributed by atoms with van der Waals surface area (Å²) in [5.41, 5.74) is 1.34. The predicted molar refractivity (Wildman–Crippen MR) is 128 cm³/mol. The minimum atomic E-state index is 0.254. The highest BCUT2D eigenvalue weighted by Gasteiger charge is 2.16. The second-order valence-electron chi connectivity index (χ2n) is 8.18. The molecule has 0 spiro atoms. The maximum Gasteiger partial charge on any atom is 0.191 e. The summed E-state index contributed by atoms with van der Waals surface area (Å²) >= 11 is 0. The number of nitrogens with zero attached hydrogens (tertiary/aromatic N) is 3. The highest BCUT2D eigenvalue weighted by molar-refractivity contribution is 5.79. The summed E-state index contributed by atoms with van der Waals surface area (Å²) in [5, 5.41) is 16.0. The van der Waals surface area contributed by atoms with Crippen LogP contribution in [-0.4, -0.2) is 74.9 Å². The molecule has 1 atom stereocenters. The number of para-hydroxylation sites is 1. The van der Waals surface area contributed by atoms with E-state index in [1.165, 1.54) is 18.7 Å². The number of aliphatic imine (C=N–C) groups is 1. The van der Waals surface area contributed by atoms with E-state index in [0.717, 1.165) is 77.5 Å². The number of hydrogen-bond acceptors (Lipinski definition) is 4. The molecule has 1 heterocycles. The summed E-state index contributed by atoms with van der Waals surface area (Å²) in [6, 6.07) is 10.7. The molecule has 1 aromatic rings. The third-order valence-corrected chi connectivity index (χ3v) is 5.77. The molecule has 0 bridgehead atoms. The van der Waals surface area contributed by atoms with Gasteiger partial charge in [-0.2, -0.15) is 0 Å². The Labute approximate surface area is 183 Å². The van der Waals surface area contributed by atoms with E-state index in [-0.39, 0.29) is 6.61 Å². The molecule has 6 nitrogen and oxygen atoms in total. The minimum absolute atomic E-state index is 0.254. The van der Waals surface area contributed by atoms with Gasteiger partial charge < -0.3 is 20.6 Å². The molecule has 0 saturated carbocycles. The SMILES string of the molecule is CCCC(CCO)CN=C(NCC)NCCCCN1CCN(c2ccccc2)CC1. The van der Waals surface area contributed by atoms with Gasteiger partial charge in [-0.15, -0.1) is 0 Å². The fraction of sp³-hybridized carbons (Fsp3) is 0.708. The number of aliphatic hydroxyl groups excluding tert-OH is 1. The lowest BCUT2D eigenvalue weighted by molar-refractivity contribution is 0.253. The highest BCUT2D eigenvalue weighted by atomic mass is 16.3. The van der Waals surface area contributed by atoms with Gasteiger partial charge in [0.2, 0.25) is 0 Å². The van der Waals surface area contributed by atoms with Gasteiger partial charge in [-0.3, -0.25) is 9.89 Å². The molecule has 0 aliphatic carbocycles. The molecule has 1 aliphatic rings. The van der Waals surface area contributed by atoms with Gasteiger partial charge in [-0.05, 0) is 57.2 Å². The first-order valence-electron chi connectivity index (χ1n) is 11.9. The normalized spacial score (nSPS) is 16.5. The molecule has 1 aromatic carbocycles. The van der Waals surface area contributed by atoms with Crippen molar-refractivity contribution < 1.29 is 5.11 Å². The van der Waals surface area contributed by atoms with Crippen LogP contribution in [0.4, 0.5) is 5.69 Å². The van der Waals surface area contributed by atoms with Crippen LogP contribution in [0.25, 0.3) is 0 Å². The number of benzene rings is 1.